The summed E-state index contributed by atoms with van der Waals surface area (Å²) in [5.41, 5.74) is 1.94. The molecule has 0 bridgehead atoms. The second kappa shape index (κ2) is 7.92. The largest absolute Gasteiger partial charge is 0.388 e. The third-order valence-corrected chi connectivity index (χ3v) is 3.57. The first-order valence-electron chi connectivity index (χ1n) is 7.89. The van der Waals surface area contributed by atoms with Gasteiger partial charge in [-0.3, -0.25) is 0 Å². The lowest BCUT2D eigenvalue weighted by atomic mass is 9.99. The van der Waals surface area contributed by atoms with Gasteiger partial charge in [0, 0.05) is 19.1 Å². The SMILES string of the molecule is CC(C)Cc1ccc(C(C)NCC(C)(O)CN(C)C)cc1. The predicted molar refractivity (Wildman–Crippen MR) is 90.6 cm³/mol. The van der Waals surface area contributed by atoms with Crippen molar-refractivity contribution in [3.8, 4) is 0 Å². The Morgan fingerprint density at radius 3 is 2.19 bits per heavy atom. The highest BCUT2D eigenvalue weighted by atomic mass is 16.3. The molecule has 0 amide bonds. The standard InChI is InChI=1S/C18H32N2O/c1-14(2)11-16-7-9-17(10-8-16)15(3)19-12-18(4,21)13-20(5)6/h7-10,14-15,19,21H,11-13H2,1-6H3. The molecule has 0 heterocycles. The van der Waals surface area contributed by atoms with Crippen LogP contribution in [0.25, 0.3) is 0 Å². The van der Waals surface area contributed by atoms with Crippen molar-refractivity contribution >= 4 is 0 Å². The van der Waals surface area contributed by atoms with Crippen molar-refractivity contribution < 1.29 is 5.11 Å². The number of nitrogens with zero attached hydrogens (tertiary/aromatic N) is 1. The van der Waals surface area contributed by atoms with Crippen LogP contribution in [0, 0.1) is 5.92 Å². The van der Waals surface area contributed by atoms with Crippen molar-refractivity contribution in [1.29, 1.82) is 0 Å². The highest BCUT2D eigenvalue weighted by Crippen LogP contribution is 2.16. The number of hydrogen-bond donors (Lipinski definition) is 2. The van der Waals surface area contributed by atoms with Crippen molar-refractivity contribution in [3.63, 3.8) is 0 Å². The first-order valence-corrected chi connectivity index (χ1v) is 7.89. The maximum Gasteiger partial charge on any atom is 0.0869 e. The lowest BCUT2D eigenvalue weighted by molar-refractivity contribution is 0.0317. The maximum atomic E-state index is 10.3. The van der Waals surface area contributed by atoms with Crippen LogP contribution in [0.5, 0.6) is 0 Å². The Hall–Kier alpha value is -0.900. The number of hydrogen-bond acceptors (Lipinski definition) is 3. The van der Waals surface area contributed by atoms with Crippen LogP contribution in [0.3, 0.4) is 0 Å². The van der Waals surface area contributed by atoms with Gasteiger partial charge >= 0.3 is 0 Å². The number of likely N-dealkylation sites (N-methyl/N-ethyl adjacent to an activating group) is 1. The van der Waals surface area contributed by atoms with Crippen LogP contribution >= 0.6 is 0 Å². The first-order chi connectivity index (χ1) is 9.69. The molecule has 2 N–H and O–H groups in total. The minimum atomic E-state index is -0.713. The van der Waals surface area contributed by atoms with E-state index in [1.54, 1.807) is 0 Å². The van der Waals surface area contributed by atoms with Gasteiger partial charge in [0.25, 0.3) is 0 Å². The Morgan fingerprint density at radius 2 is 1.71 bits per heavy atom. The molecule has 0 aliphatic carbocycles. The molecule has 0 aliphatic heterocycles. The van der Waals surface area contributed by atoms with E-state index < -0.39 is 5.60 Å². The summed E-state index contributed by atoms with van der Waals surface area (Å²) in [5.74, 6) is 0.688. The average molecular weight is 292 g/mol. The van der Waals surface area contributed by atoms with Gasteiger partial charge in [-0.15, -0.1) is 0 Å². The van der Waals surface area contributed by atoms with E-state index in [2.05, 4.69) is 50.4 Å². The molecule has 0 aromatic heterocycles. The van der Waals surface area contributed by atoms with Gasteiger partial charge in [0.15, 0.2) is 0 Å². The molecule has 2 unspecified atom stereocenters. The molecular weight excluding hydrogens is 260 g/mol. The van der Waals surface area contributed by atoms with Crippen molar-refractivity contribution in [2.75, 3.05) is 27.2 Å². The van der Waals surface area contributed by atoms with Crippen LogP contribution in [0.4, 0.5) is 0 Å². The topological polar surface area (TPSA) is 35.5 Å². The molecule has 21 heavy (non-hydrogen) atoms. The second-order valence-corrected chi connectivity index (χ2v) is 7.18. The van der Waals surface area contributed by atoms with E-state index in [4.69, 9.17) is 0 Å². The second-order valence-electron chi connectivity index (χ2n) is 7.18. The normalized spacial score (nSPS) is 16.2. The van der Waals surface area contributed by atoms with Crippen LogP contribution in [0.1, 0.15) is 44.9 Å². The monoisotopic (exact) mass is 292 g/mol. The van der Waals surface area contributed by atoms with E-state index in [1.807, 2.05) is 25.9 Å². The quantitative estimate of drug-likeness (QED) is 0.773. The summed E-state index contributed by atoms with van der Waals surface area (Å²) in [6.07, 6.45) is 1.12. The number of nitrogens with one attached hydrogen (secondary N) is 1. The number of aliphatic hydroxyl groups is 1. The Labute approximate surface area is 130 Å². The zero-order valence-electron chi connectivity index (χ0n) is 14.5. The highest BCUT2D eigenvalue weighted by molar-refractivity contribution is 5.25. The Bertz CT molecular complexity index is 410. The van der Waals surface area contributed by atoms with Gasteiger partial charge < -0.3 is 15.3 Å². The number of benzene rings is 1. The molecule has 0 fully saturated rings. The van der Waals surface area contributed by atoms with Crippen molar-refractivity contribution in [3.05, 3.63) is 35.4 Å². The Morgan fingerprint density at radius 1 is 1.14 bits per heavy atom. The fraction of sp³-hybridized carbons (Fsp3) is 0.667. The minimum absolute atomic E-state index is 0.242. The summed E-state index contributed by atoms with van der Waals surface area (Å²) in [6.45, 7) is 9.73. The van der Waals surface area contributed by atoms with Crippen molar-refractivity contribution in [2.24, 2.45) is 5.92 Å². The summed E-state index contributed by atoms with van der Waals surface area (Å²) in [6, 6.07) is 9.05. The van der Waals surface area contributed by atoms with E-state index in [0.717, 1.165) is 6.42 Å². The van der Waals surface area contributed by atoms with Crippen molar-refractivity contribution in [1.82, 2.24) is 10.2 Å². The molecule has 1 aromatic rings. The van der Waals surface area contributed by atoms with Gasteiger partial charge in [-0.2, -0.15) is 0 Å². The third kappa shape index (κ3) is 7.07. The molecule has 1 aromatic carbocycles. The molecule has 3 heteroatoms. The van der Waals surface area contributed by atoms with E-state index in [-0.39, 0.29) is 6.04 Å². The fourth-order valence-corrected chi connectivity index (χ4v) is 2.64. The van der Waals surface area contributed by atoms with Crippen LogP contribution in [-0.4, -0.2) is 42.8 Å². The summed E-state index contributed by atoms with van der Waals surface area (Å²) in [5, 5.41) is 13.7. The van der Waals surface area contributed by atoms with Gasteiger partial charge in [-0.05, 0) is 51.4 Å². The van der Waals surface area contributed by atoms with Crippen LogP contribution in [-0.2, 0) is 6.42 Å². The molecule has 2 atom stereocenters. The summed E-state index contributed by atoms with van der Waals surface area (Å²) >= 11 is 0. The Balaban J connectivity index is 2.53. The maximum absolute atomic E-state index is 10.3. The van der Waals surface area contributed by atoms with Crippen LogP contribution < -0.4 is 5.32 Å². The average Bonchev–Trinajstić information content (AvgIpc) is 2.34. The highest BCUT2D eigenvalue weighted by Gasteiger charge is 2.22. The lowest BCUT2D eigenvalue weighted by Crippen LogP contribution is -2.46. The zero-order valence-corrected chi connectivity index (χ0v) is 14.5. The molecule has 0 saturated heterocycles. The third-order valence-electron chi connectivity index (χ3n) is 3.57. The zero-order chi connectivity index (χ0) is 16.0. The summed E-state index contributed by atoms with van der Waals surface area (Å²) in [7, 11) is 3.96. The smallest absolute Gasteiger partial charge is 0.0869 e. The molecule has 120 valence electrons. The van der Waals surface area contributed by atoms with Gasteiger partial charge in [-0.25, -0.2) is 0 Å². The molecular formula is C18H32N2O. The predicted octanol–water partition coefficient (Wildman–Crippen LogP) is 2.85. The van der Waals surface area contributed by atoms with E-state index in [9.17, 15) is 5.11 Å². The minimum Gasteiger partial charge on any atom is -0.388 e. The van der Waals surface area contributed by atoms with E-state index in [1.165, 1.54) is 11.1 Å². The summed E-state index contributed by atoms with van der Waals surface area (Å²) < 4.78 is 0. The van der Waals surface area contributed by atoms with E-state index >= 15 is 0 Å². The van der Waals surface area contributed by atoms with Gasteiger partial charge in [0.1, 0.15) is 0 Å². The molecule has 0 aliphatic rings. The van der Waals surface area contributed by atoms with Crippen LogP contribution in [0.2, 0.25) is 0 Å². The first kappa shape index (κ1) is 18.1. The molecule has 0 radical (unpaired) electrons. The van der Waals surface area contributed by atoms with Gasteiger partial charge in [-0.1, -0.05) is 38.1 Å². The lowest BCUT2D eigenvalue weighted by Gasteiger charge is -2.29. The fourth-order valence-electron chi connectivity index (χ4n) is 2.64. The van der Waals surface area contributed by atoms with Crippen LogP contribution in [0.15, 0.2) is 24.3 Å². The molecule has 0 saturated carbocycles. The summed E-state index contributed by atoms with van der Waals surface area (Å²) in [4.78, 5) is 2.01. The van der Waals surface area contributed by atoms with Gasteiger partial charge in [0.05, 0.1) is 5.60 Å². The van der Waals surface area contributed by atoms with Gasteiger partial charge in [0.2, 0.25) is 0 Å². The Kier molecular flexibility index (Phi) is 6.85. The molecule has 1 rings (SSSR count). The van der Waals surface area contributed by atoms with Crippen molar-refractivity contribution in [2.45, 2.75) is 45.8 Å². The number of rotatable bonds is 8. The van der Waals surface area contributed by atoms with E-state index in [0.29, 0.717) is 19.0 Å². The molecule has 3 nitrogen and oxygen atoms in total. The molecule has 0 spiro atoms.